The van der Waals surface area contributed by atoms with Crippen LogP contribution in [0, 0.1) is 0 Å². The van der Waals surface area contributed by atoms with Gasteiger partial charge >= 0.3 is 0 Å². The Morgan fingerprint density at radius 2 is 1.70 bits per heavy atom. The van der Waals surface area contributed by atoms with Gasteiger partial charge in [-0.3, -0.25) is 4.72 Å². The van der Waals surface area contributed by atoms with E-state index in [4.69, 9.17) is 23.2 Å². The van der Waals surface area contributed by atoms with E-state index in [2.05, 4.69) is 36.6 Å². The smallest absolute Gasteiger partial charge is 0.263 e. The van der Waals surface area contributed by atoms with E-state index in [1.807, 2.05) is 0 Å². The Morgan fingerprint density at radius 1 is 1.00 bits per heavy atom. The fourth-order valence-electron chi connectivity index (χ4n) is 1.47. The molecule has 2 aromatic rings. The highest BCUT2D eigenvalue weighted by Gasteiger charge is 2.19. The van der Waals surface area contributed by atoms with E-state index in [-0.39, 0.29) is 9.92 Å². The van der Waals surface area contributed by atoms with Crippen molar-refractivity contribution in [2.24, 2.45) is 0 Å². The second-order valence-corrected chi connectivity index (χ2v) is 8.07. The van der Waals surface area contributed by atoms with Crippen molar-refractivity contribution in [2.75, 3.05) is 4.72 Å². The van der Waals surface area contributed by atoms with Crippen LogP contribution in [0.4, 0.5) is 5.69 Å². The van der Waals surface area contributed by atoms with Crippen molar-refractivity contribution in [1.82, 2.24) is 0 Å². The van der Waals surface area contributed by atoms with Crippen LogP contribution < -0.4 is 4.72 Å². The van der Waals surface area contributed by atoms with Crippen molar-refractivity contribution in [3.8, 4) is 0 Å². The van der Waals surface area contributed by atoms with Crippen LogP contribution in [-0.4, -0.2) is 8.42 Å². The number of hydrogen-bond acceptors (Lipinski definition) is 2. The molecule has 0 atom stereocenters. The second kappa shape index (κ2) is 6.23. The average molecular weight is 460 g/mol. The van der Waals surface area contributed by atoms with Gasteiger partial charge in [-0.2, -0.15) is 0 Å². The highest BCUT2D eigenvalue weighted by Crippen LogP contribution is 2.30. The van der Waals surface area contributed by atoms with E-state index in [9.17, 15) is 8.42 Å². The lowest BCUT2D eigenvalue weighted by Crippen LogP contribution is -2.13. The summed E-state index contributed by atoms with van der Waals surface area (Å²) >= 11 is 18.3. The standard InChI is InChI=1S/C12H7Br2Cl2NO2S/c13-7-1-4-12(10(16)5-7)20(18,19)17-11-3-2-8(15)6-9(11)14/h1-6,17H. The Labute approximate surface area is 143 Å². The summed E-state index contributed by atoms with van der Waals surface area (Å²) in [6.07, 6.45) is 0. The van der Waals surface area contributed by atoms with Gasteiger partial charge in [-0.15, -0.1) is 0 Å². The van der Waals surface area contributed by atoms with Crippen LogP contribution in [0.2, 0.25) is 10.0 Å². The van der Waals surface area contributed by atoms with Gasteiger partial charge in [0.1, 0.15) is 4.90 Å². The fourth-order valence-corrected chi connectivity index (χ4v) is 4.50. The zero-order valence-electron chi connectivity index (χ0n) is 9.70. The molecule has 0 aliphatic rings. The van der Waals surface area contributed by atoms with Gasteiger partial charge in [0.05, 0.1) is 10.7 Å². The minimum Gasteiger partial charge on any atom is -0.278 e. The zero-order valence-corrected chi connectivity index (χ0v) is 15.2. The molecule has 0 unspecified atom stereocenters. The number of hydrogen-bond donors (Lipinski definition) is 1. The maximum Gasteiger partial charge on any atom is 0.263 e. The summed E-state index contributed by atoms with van der Waals surface area (Å²) in [5.41, 5.74) is 0.383. The molecule has 0 saturated heterocycles. The van der Waals surface area contributed by atoms with Gasteiger partial charge in [0, 0.05) is 14.0 Å². The van der Waals surface area contributed by atoms with Crippen molar-refractivity contribution in [3.05, 3.63) is 55.4 Å². The summed E-state index contributed by atoms with van der Waals surface area (Å²) in [6.45, 7) is 0. The average Bonchev–Trinajstić information content (AvgIpc) is 2.32. The third-order valence-electron chi connectivity index (χ3n) is 2.36. The molecule has 1 N–H and O–H groups in total. The first-order chi connectivity index (χ1) is 9.29. The van der Waals surface area contributed by atoms with Crippen LogP contribution in [-0.2, 0) is 10.0 Å². The molecule has 3 nitrogen and oxygen atoms in total. The molecule has 0 radical (unpaired) electrons. The van der Waals surface area contributed by atoms with Crippen LogP contribution in [0.25, 0.3) is 0 Å². The first-order valence-electron chi connectivity index (χ1n) is 5.22. The molecule has 106 valence electrons. The van der Waals surface area contributed by atoms with Crippen LogP contribution in [0.3, 0.4) is 0 Å². The maximum atomic E-state index is 12.3. The van der Waals surface area contributed by atoms with Gasteiger partial charge in [0.15, 0.2) is 0 Å². The van der Waals surface area contributed by atoms with Gasteiger partial charge < -0.3 is 0 Å². The monoisotopic (exact) mass is 457 g/mol. The molecular formula is C12H7Br2Cl2NO2S. The topological polar surface area (TPSA) is 46.2 Å². The quantitative estimate of drug-likeness (QED) is 0.675. The third kappa shape index (κ3) is 3.68. The first kappa shape index (κ1) is 16.1. The number of benzene rings is 2. The number of nitrogens with one attached hydrogen (secondary N) is 1. The lowest BCUT2D eigenvalue weighted by molar-refractivity contribution is 0.601. The van der Waals surface area contributed by atoms with Crippen LogP contribution in [0.15, 0.2) is 50.2 Å². The van der Waals surface area contributed by atoms with Crippen molar-refractivity contribution < 1.29 is 8.42 Å². The van der Waals surface area contributed by atoms with E-state index in [0.717, 1.165) is 0 Å². The van der Waals surface area contributed by atoms with E-state index in [1.165, 1.54) is 12.1 Å². The molecule has 0 amide bonds. The summed E-state index contributed by atoms with van der Waals surface area (Å²) in [6, 6.07) is 9.32. The third-order valence-corrected chi connectivity index (χ3v) is 5.59. The molecule has 20 heavy (non-hydrogen) atoms. The van der Waals surface area contributed by atoms with E-state index in [0.29, 0.717) is 19.7 Å². The molecule has 0 heterocycles. The summed E-state index contributed by atoms with van der Waals surface area (Å²) in [5.74, 6) is 0. The Balaban J connectivity index is 2.41. The minimum absolute atomic E-state index is 0.00390. The Hall–Kier alpha value is -0.270. The van der Waals surface area contributed by atoms with Gasteiger partial charge in [0.2, 0.25) is 0 Å². The summed E-state index contributed by atoms with van der Waals surface area (Å²) in [4.78, 5) is 0.00390. The van der Waals surface area contributed by atoms with Crippen molar-refractivity contribution in [1.29, 1.82) is 0 Å². The number of rotatable bonds is 3. The minimum atomic E-state index is -3.77. The number of halogens is 4. The Bertz CT molecular complexity index is 766. The molecule has 0 aliphatic carbocycles. The molecule has 8 heteroatoms. The Morgan fingerprint density at radius 3 is 2.30 bits per heavy atom. The molecule has 0 bridgehead atoms. The van der Waals surface area contributed by atoms with Gasteiger partial charge in [-0.05, 0) is 52.3 Å². The molecular weight excluding hydrogens is 453 g/mol. The molecule has 2 rings (SSSR count). The van der Waals surface area contributed by atoms with Crippen LogP contribution in [0.5, 0.6) is 0 Å². The van der Waals surface area contributed by atoms with Crippen molar-refractivity contribution in [2.45, 2.75) is 4.90 Å². The van der Waals surface area contributed by atoms with Crippen molar-refractivity contribution in [3.63, 3.8) is 0 Å². The van der Waals surface area contributed by atoms with Crippen molar-refractivity contribution >= 4 is 70.8 Å². The normalized spacial score (nSPS) is 11.4. The molecule has 0 aliphatic heterocycles. The predicted octanol–water partition coefficient (Wildman–Crippen LogP) is 5.32. The largest absolute Gasteiger partial charge is 0.278 e. The lowest BCUT2D eigenvalue weighted by atomic mass is 10.3. The Kier molecular flexibility index (Phi) is 5.02. The first-order valence-corrected chi connectivity index (χ1v) is 9.05. The predicted molar refractivity (Wildman–Crippen MR) is 89.1 cm³/mol. The zero-order chi connectivity index (χ0) is 14.9. The molecule has 0 saturated carbocycles. The maximum absolute atomic E-state index is 12.3. The molecule has 0 fully saturated rings. The fraction of sp³-hybridized carbons (Fsp3) is 0. The van der Waals surface area contributed by atoms with E-state index >= 15 is 0 Å². The highest BCUT2D eigenvalue weighted by atomic mass is 79.9. The summed E-state index contributed by atoms with van der Waals surface area (Å²) in [7, 11) is -3.77. The molecule has 2 aromatic carbocycles. The van der Waals surface area contributed by atoms with Gasteiger partial charge in [-0.25, -0.2) is 8.42 Å². The lowest BCUT2D eigenvalue weighted by Gasteiger charge is -2.11. The molecule has 0 spiro atoms. The van der Waals surface area contributed by atoms with E-state index in [1.54, 1.807) is 24.3 Å². The second-order valence-electron chi connectivity index (χ2n) is 3.80. The van der Waals surface area contributed by atoms with E-state index < -0.39 is 10.0 Å². The van der Waals surface area contributed by atoms with Crippen LogP contribution in [0.1, 0.15) is 0 Å². The number of sulfonamides is 1. The molecule has 0 aromatic heterocycles. The SMILES string of the molecule is O=S(=O)(Nc1ccc(Cl)cc1Br)c1ccc(Br)cc1Cl. The van der Waals surface area contributed by atoms with Crippen LogP contribution >= 0.6 is 55.1 Å². The van der Waals surface area contributed by atoms with Gasteiger partial charge in [0.25, 0.3) is 10.0 Å². The summed E-state index contributed by atoms with van der Waals surface area (Å²) in [5, 5.41) is 0.637. The summed E-state index contributed by atoms with van der Waals surface area (Å²) < 4.78 is 28.3. The number of anilines is 1. The van der Waals surface area contributed by atoms with Gasteiger partial charge in [-0.1, -0.05) is 39.1 Å². The highest BCUT2D eigenvalue weighted by molar-refractivity contribution is 9.10.